The molecule has 24 heavy (non-hydrogen) atoms. The van der Waals surface area contributed by atoms with Gasteiger partial charge in [-0.15, -0.1) is 0 Å². The third kappa shape index (κ3) is 4.17. The molecular weight excluding hydrogens is 330 g/mol. The van der Waals surface area contributed by atoms with Gasteiger partial charge in [0.15, 0.2) is 5.79 Å². The molecule has 2 aliphatic rings. The number of piperidine rings is 1. The minimum absolute atomic E-state index is 0.138. The van der Waals surface area contributed by atoms with E-state index in [9.17, 15) is 8.42 Å². The zero-order valence-corrected chi connectivity index (χ0v) is 14.8. The third-order valence-electron chi connectivity index (χ3n) is 4.45. The Bertz CT molecular complexity index is 632. The monoisotopic (exact) mass is 355 g/mol. The lowest BCUT2D eigenvalue weighted by molar-refractivity contribution is -0.169. The van der Waals surface area contributed by atoms with Crippen molar-refractivity contribution in [2.75, 3.05) is 41.7 Å². The van der Waals surface area contributed by atoms with Gasteiger partial charge in [0, 0.05) is 25.9 Å². The Hall–Kier alpha value is -1.38. The molecule has 1 N–H and O–H groups in total. The molecule has 1 aromatic heterocycles. The van der Waals surface area contributed by atoms with Crippen molar-refractivity contribution in [1.82, 2.24) is 4.98 Å². The molecule has 0 atom stereocenters. The summed E-state index contributed by atoms with van der Waals surface area (Å²) in [6.45, 7) is 4.94. The van der Waals surface area contributed by atoms with E-state index in [2.05, 4.69) is 14.6 Å². The van der Waals surface area contributed by atoms with Gasteiger partial charge < -0.3 is 14.4 Å². The highest BCUT2D eigenvalue weighted by Gasteiger charge is 2.39. The SMILES string of the molecule is CCCCS(=O)(=O)Nc1ccc(N2CCC3(CC2)OCCO3)nc1. The van der Waals surface area contributed by atoms with Gasteiger partial charge in [-0.05, 0) is 18.6 Å². The maximum Gasteiger partial charge on any atom is 0.232 e. The number of sulfonamides is 1. The van der Waals surface area contributed by atoms with Crippen LogP contribution in [0.25, 0.3) is 0 Å². The van der Waals surface area contributed by atoms with E-state index < -0.39 is 15.8 Å². The zero-order chi connectivity index (χ0) is 17.0. The minimum atomic E-state index is -3.29. The maximum atomic E-state index is 11.9. The molecule has 2 fully saturated rings. The van der Waals surface area contributed by atoms with Crippen LogP contribution in [0.1, 0.15) is 32.6 Å². The lowest BCUT2D eigenvalue weighted by atomic mass is 10.0. The second-order valence-corrected chi connectivity index (χ2v) is 8.12. The Morgan fingerprint density at radius 2 is 1.96 bits per heavy atom. The van der Waals surface area contributed by atoms with Crippen molar-refractivity contribution in [2.45, 2.75) is 38.4 Å². The van der Waals surface area contributed by atoms with Gasteiger partial charge in [0.05, 0.1) is 30.9 Å². The number of aromatic nitrogens is 1. The Balaban J connectivity index is 1.57. The van der Waals surface area contributed by atoms with E-state index in [1.807, 2.05) is 13.0 Å². The summed E-state index contributed by atoms with van der Waals surface area (Å²) < 4.78 is 37.8. The Morgan fingerprint density at radius 3 is 2.54 bits per heavy atom. The number of hydrogen-bond donors (Lipinski definition) is 1. The van der Waals surface area contributed by atoms with E-state index in [1.165, 1.54) is 0 Å². The molecule has 8 heteroatoms. The molecule has 0 amide bonds. The van der Waals surface area contributed by atoms with E-state index in [-0.39, 0.29) is 5.75 Å². The molecule has 2 saturated heterocycles. The topological polar surface area (TPSA) is 80.8 Å². The molecule has 1 spiro atoms. The fourth-order valence-corrected chi connectivity index (χ4v) is 4.31. The van der Waals surface area contributed by atoms with Crippen LogP contribution in [0.3, 0.4) is 0 Å². The first-order chi connectivity index (χ1) is 11.5. The quantitative estimate of drug-likeness (QED) is 0.840. The predicted molar refractivity (Wildman–Crippen MR) is 92.6 cm³/mol. The highest BCUT2D eigenvalue weighted by Crippen LogP contribution is 2.32. The number of pyridine rings is 1. The van der Waals surface area contributed by atoms with Gasteiger partial charge in [0.1, 0.15) is 5.82 Å². The molecular formula is C16H25N3O4S. The molecule has 0 aromatic carbocycles. The summed E-state index contributed by atoms with van der Waals surface area (Å²) in [5, 5.41) is 0. The van der Waals surface area contributed by atoms with Crippen LogP contribution >= 0.6 is 0 Å². The van der Waals surface area contributed by atoms with Crippen molar-refractivity contribution in [3.63, 3.8) is 0 Å². The molecule has 7 nitrogen and oxygen atoms in total. The van der Waals surface area contributed by atoms with Crippen LogP contribution in [-0.4, -0.2) is 51.2 Å². The largest absolute Gasteiger partial charge is 0.356 e. The highest BCUT2D eigenvalue weighted by atomic mass is 32.2. The molecule has 0 saturated carbocycles. The van der Waals surface area contributed by atoms with Gasteiger partial charge in [-0.1, -0.05) is 13.3 Å². The van der Waals surface area contributed by atoms with Gasteiger partial charge in [-0.2, -0.15) is 0 Å². The number of nitrogens with one attached hydrogen (secondary N) is 1. The number of hydrogen-bond acceptors (Lipinski definition) is 6. The van der Waals surface area contributed by atoms with Crippen LogP contribution in [0, 0.1) is 0 Å². The summed E-state index contributed by atoms with van der Waals surface area (Å²) in [5.74, 6) is 0.588. The van der Waals surface area contributed by atoms with Gasteiger partial charge >= 0.3 is 0 Å². The molecule has 3 rings (SSSR count). The molecule has 0 aliphatic carbocycles. The molecule has 2 aliphatic heterocycles. The molecule has 0 bridgehead atoms. The summed E-state index contributed by atoms with van der Waals surface area (Å²) in [6.07, 6.45) is 4.72. The second-order valence-electron chi connectivity index (χ2n) is 6.27. The van der Waals surface area contributed by atoms with Crippen LogP contribution < -0.4 is 9.62 Å². The molecule has 3 heterocycles. The van der Waals surface area contributed by atoms with E-state index in [0.717, 1.165) is 38.2 Å². The van der Waals surface area contributed by atoms with Gasteiger partial charge in [-0.25, -0.2) is 13.4 Å². The Morgan fingerprint density at radius 1 is 1.25 bits per heavy atom. The summed E-state index contributed by atoms with van der Waals surface area (Å²) >= 11 is 0. The highest BCUT2D eigenvalue weighted by molar-refractivity contribution is 7.92. The molecule has 134 valence electrons. The van der Waals surface area contributed by atoms with E-state index >= 15 is 0 Å². The first kappa shape index (κ1) is 17.4. The van der Waals surface area contributed by atoms with Crippen LogP contribution in [0.2, 0.25) is 0 Å². The van der Waals surface area contributed by atoms with Crippen molar-refractivity contribution in [2.24, 2.45) is 0 Å². The molecule has 1 aromatic rings. The molecule has 0 radical (unpaired) electrons. The van der Waals surface area contributed by atoms with Crippen LogP contribution in [0.5, 0.6) is 0 Å². The third-order valence-corrected chi connectivity index (χ3v) is 5.82. The van der Waals surface area contributed by atoms with Crippen LogP contribution in [0.15, 0.2) is 18.3 Å². The fourth-order valence-electron chi connectivity index (χ4n) is 3.06. The average Bonchev–Trinajstić information content (AvgIpc) is 3.02. The lowest BCUT2D eigenvalue weighted by Crippen LogP contribution is -2.45. The second kappa shape index (κ2) is 7.25. The van der Waals surface area contributed by atoms with Gasteiger partial charge in [-0.3, -0.25) is 4.72 Å². The summed E-state index contributed by atoms with van der Waals surface area (Å²) in [7, 11) is -3.29. The Kier molecular flexibility index (Phi) is 5.27. The summed E-state index contributed by atoms with van der Waals surface area (Å²) in [6, 6.07) is 3.62. The number of unbranched alkanes of at least 4 members (excludes halogenated alkanes) is 1. The van der Waals surface area contributed by atoms with Crippen molar-refractivity contribution >= 4 is 21.5 Å². The number of anilines is 2. The maximum absolute atomic E-state index is 11.9. The van der Waals surface area contributed by atoms with Crippen molar-refractivity contribution < 1.29 is 17.9 Å². The zero-order valence-electron chi connectivity index (χ0n) is 14.0. The number of nitrogens with zero attached hydrogens (tertiary/aromatic N) is 2. The lowest BCUT2D eigenvalue weighted by Gasteiger charge is -2.38. The van der Waals surface area contributed by atoms with E-state index in [4.69, 9.17) is 9.47 Å². The fraction of sp³-hybridized carbons (Fsp3) is 0.688. The van der Waals surface area contributed by atoms with Crippen LogP contribution in [-0.2, 0) is 19.5 Å². The van der Waals surface area contributed by atoms with E-state index in [1.54, 1.807) is 12.3 Å². The Labute approximate surface area is 143 Å². The minimum Gasteiger partial charge on any atom is -0.356 e. The van der Waals surface area contributed by atoms with Gasteiger partial charge in [0.2, 0.25) is 10.0 Å². The van der Waals surface area contributed by atoms with Crippen molar-refractivity contribution in [3.05, 3.63) is 18.3 Å². The summed E-state index contributed by atoms with van der Waals surface area (Å²) in [4.78, 5) is 6.57. The first-order valence-corrected chi connectivity index (χ1v) is 10.2. The number of ether oxygens (including phenoxy) is 2. The van der Waals surface area contributed by atoms with Gasteiger partial charge in [0.25, 0.3) is 0 Å². The smallest absolute Gasteiger partial charge is 0.232 e. The molecule has 0 unspecified atom stereocenters. The normalized spacial score (nSPS) is 20.5. The van der Waals surface area contributed by atoms with Crippen molar-refractivity contribution in [1.29, 1.82) is 0 Å². The average molecular weight is 355 g/mol. The van der Waals surface area contributed by atoms with E-state index in [0.29, 0.717) is 25.3 Å². The number of rotatable bonds is 6. The summed E-state index contributed by atoms with van der Waals surface area (Å²) in [5.41, 5.74) is 0.505. The first-order valence-electron chi connectivity index (χ1n) is 8.51. The van der Waals surface area contributed by atoms with Crippen molar-refractivity contribution in [3.8, 4) is 0 Å². The predicted octanol–water partition coefficient (Wildman–Crippen LogP) is 1.97. The van der Waals surface area contributed by atoms with Crippen LogP contribution in [0.4, 0.5) is 11.5 Å². The standard InChI is InChI=1S/C16H25N3O4S/c1-2-3-12-24(20,21)18-14-4-5-15(17-13-14)19-8-6-16(7-9-19)22-10-11-23-16/h4-5,13,18H,2-3,6-12H2,1H3.